The molecule has 0 bridgehead atoms. The minimum atomic E-state index is -1.25. The van der Waals surface area contributed by atoms with E-state index in [1.165, 1.54) is 10.5 Å². The van der Waals surface area contributed by atoms with Crippen LogP contribution in [0.4, 0.5) is 0 Å². The van der Waals surface area contributed by atoms with Gasteiger partial charge in [-0.3, -0.25) is 4.79 Å². The van der Waals surface area contributed by atoms with Gasteiger partial charge in [0.25, 0.3) is 0 Å². The molecule has 0 spiro atoms. The summed E-state index contributed by atoms with van der Waals surface area (Å²) in [5.41, 5.74) is 2.76. The number of likely N-dealkylation sites (tertiary alicyclic amines) is 1. The van der Waals surface area contributed by atoms with E-state index in [0.29, 0.717) is 24.1 Å². The third-order valence-electron chi connectivity index (χ3n) is 6.79. The molecular formula is C24H24NO6-. The highest BCUT2D eigenvalue weighted by Crippen LogP contribution is 2.35. The number of aliphatic carboxylic acids is 1. The Labute approximate surface area is 178 Å². The number of nitrogens with zero attached hydrogens (tertiary/aromatic N) is 1. The van der Waals surface area contributed by atoms with Crippen molar-refractivity contribution in [3.05, 3.63) is 45.0 Å². The zero-order valence-corrected chi connectivity index (χ0v) is 17.5. The predicted molar refractivity (Wildman–Crippen MR) is 112 cm³/mol. The number of piperidine rings is 1. The Bertz CT molecular complexity index is 1270. The fourth-order valence-electron chi connectivity index (χ4n) is 5.08. The van der Waals surface area contributed by atoms with Crippen LogP contribution in [0.25, 0.3) is 21.9 Å². The normalized spacial score (nSPS) is 19.0. The van der Waals surface area contributed by atoms with Crippen LogP contribution in [-0.4, -0.2) is 29.4 Å². The Morgan fingerprint density at radius 3 is 2.65 bits per heavy atom. The predicted octanol–water partition coefficient (Wildman–Crippen LogP) is 2.40. The summed E-state index contributed by atoms with van der Waals surface area (Å²) in [6, 6.07) is 2.82. The lowest BCUT2D eigenvalue weighted by Crippen LogP contribution is -2.53. The van der Waals surface area contributed by atoms with E-state index in [2.05, 4.69) is 0 Å². The summed E-state index contributed by atoms with van der Waals surface area (Å²) in [7, 11) is 0. The molecular weight excluding hydrogens is 398 g/mol. The SMILES string of the molecule is Cc1c(CC(=O)N2CCCC[C@H]2C(=O)[O-])c(=O)oc2cc3oc4c(c3cc12)CCCC4. The fraction of sp³-hybridized carbons (Fsp3) is 0.458. The van der Waals surface area contributed by atoms with Crippen LogP contribution in [0.5, 0.6) is 0 Å². The largest absolute Gasteiger partial charge is 0.548 e. The maximum atomic E-state index is 12.9. The van der Waals surface area contributed by atoms with Crippen LogP contribution in [0.15, 0.2) is 25.8 Å². The maximum absolute atomic E-state index is 12.9. The highest BCUT2D eigenvalue weighted by Gasteiger charge is 2.29. The smallest absolute Gasteiger partial charge is 0.340 e. The minimum absolute atomic E-state index is 0.185. The molecule has 1 fully saturated rings. The second-order valence-electron chi connectivity index (χ2n) is 8.64. The number of aryl methyl sites for hydroxylation is 3. The summed E-state index contributed by atoms with van der Waals surface area (Å²) in [5, 5.41) is 13.3. The molecule has 0 radical (unpaired) electrons. The number of fused-ring (bicyclic) bond motifs is 4. The number of carbonyl (C=O) groups is 2. The van der Waals surface area contributed by atoms with Crippen LogP contribution in [0.1, 0.15) is 54.6 Å². The van der Waals surface area contributed by atoms with Crippen molar-refractivity contribution in [1.29, 1.82) is 0 Å². The lowest BCUT2D eigenvalue weighted by molar-refractivity contribution is -0.312. The monoisotopic (exact) mass is 422 g/mol. The molecule has 1 amide bonds. The molecule has 1 aliphatic heterocycles. The number of carbonyl (C=O) groups excluding carboxylic acids is 2. The first-order chi connectivity index (χ1) is 14.9. The van der Waals surface area contributed by atoms with Crippen molar-refractivity contribution < 1.29 is 23.5 Å². The zero-order chi connectivity index (χ0) is 21.7. The number of rotatable bonds is 3. The maximum Gasteiger partial charge on any atom is 0.340 e. The van der Waals surface area contributed by atoms with E-state index in [-0.39, 0.29) is 17.9 Å². The van der Waals surface area contributed by atoms with Gasteiger partial charge < -0.3 is 23.6 Å². The van der Waals surface area contributed by atoms with E-state index < -0.39 is 17.6 Å². The third-order valence-corrected chi connectivity index (χ3v) is 6.79. The van der Waals surface area contributed by atoms with E-state index in [1.54, 1.807) is 6.07 Å². The summed E-state index contributed by atoms with van der Waals surface area (Å²) >= 11 is 0. The molecule has 2 aromatic heterocycles. The molecule has 0 N–H and O–H groups in total. The van der Waals surface area contributed by atoms with E-state index >= 15 is 0 Å². The van der Waals surface area contributed by atoms with Gasteiger partial charge in [0.1, 0.15) is 16.9 Å². The van der Waals surface area contributed by atoms with Crippen molar-refractivity contribution >= 4 is 33.8 Å². The second-order valence-corrected chi connectivity index (χ2v) is 8.64. The van der Waals surface area contributed by atoms with Gasteiger partial charge >= 0.3 is 5.63 Å². The van der Waals surface area contributed by atoms with Crippen LogP contribution in [0, 0.1) is 6.92 Å². The minimum Gasteiger partial charge on any atom is -0.548 e. The average molecular weight is 422 g/mol. The number of amides is 1. The lowest BCUT2D eigenvalue weighted by atomic mass is 9.94. The molecule has 7 nitrogen and oxygen atoms in total. The van der Waals surface area contributed by atoms with E-state index in [0.717, 1.165) is 60.6 Å². The topological polar surface area (TPSA) is 104 Å². The highest BCUT2D eigenvalue weighted by molar-refractivity contribution is 5.97. The molecule has 7 heteroatoms. The first-order valence-corrected chi connectivity index (χ1v) is 10.9. The molecule has 3 aromatic rings. The van der Waals surface area contributed by atoms with Gasteiger partial charge in [-0.25, -0.2) is 4.79 Å². The Balaban J connectivity index is 1.55. The van der Waals surface area contributed by atoms with Gasteiger partial charge in [0, 0.05) is 35.4 Å². The van der Waals surface area contributed by atoms with E-state index in [4.69, 9.17) is 8.83 Å². The zero-order valence-electron chi connectivity index (χ0n) is 17.5. The Morgan fingerprint density at radius 2 is 1.84 bits per heavy atom. The Kier molecular flexibility index (Phi) is 4.84. The van der Waals surface area contributed by atoms with Crippen molar-refractivity contribution in [2.24, 2.45) is 0 Å². The van der Waals surface area contributed by atoms with Crippen molar-refractivity contribution in [3.8, 4) is 0 Å². The lowest BCUT2D eigenvalue weighted by Gasteiger charge is -2.36. The standard InChI is InChI=1S/C24H25NO6/c1-13-15-10-17-14-6-2-3-8-19(14)30-21(17)12-20(15)31-24(29)16(13)11-22(26)25-9-5-4-7-18(25)23(27)28/h10,12,18H,2-9,11H2,1H3,(H,27,28)/p-1/t18-/m0/s1. The molecule has 0 unspecified atom stereocenters. The fourth-order valence-corrected chi connectivity index (χ4v) is 5.08. The second kappa shape index (κ2) is 7.55. The highest BCUT2D eigenvalue weighted by atomic mass is 16.4. The third kappa shape index (κ3) is 3.32. The van der Waals surface area contributed by atoms with Crippen LogP contribution in [-0.2, 0) is 28.9 Å². The van der Waals surface area contributed by atoms with E-state index in [1.807, 2.05) is 13.0 Å². The summed E-state index contributed by atoms with van der Waals surface area (Å²) < 4.78 is 11.6. The summed E-state index contributed by atoms with van der Waals surface area (Å²) in [6.07, 6.45) is 5.79. The number of carboxylic acids is 1. The molecule has 5 rings (SSSR count). The Morgan fingerprint density at radius 1 is 1.06 bits per heavy atom. The number of benzene rings is 1. The summed E-state index contributed by atoms with van der Waals surface area (Å²) in [4.78, 5) is 38.4. The van der Waals surface area contributed by atoms with Gasteiger partial charge in [0.2, 0.25) is 5.91 Å². The van der Waals surface area contributed by atoms with Gasteiger partial charge in [0.15, 0.2) is 0 Å². The van der Waals surface area contributed by atoms with Gasteiger partial charge in [-0.15, -0.1) is 0 Å². The van der Waals surface area contributed by atoms with Gasteiger partial charge in [-0.2, -0.15) is 0 Å². The molecule has 1 atom stereocenters. The van der Waals surface area contributed by atoms with E-state index in [9.17, 15) is 19.5 Å². The molecule has 3 heterocycles. The van der Waals surface area contributed by atoms with Gasteiger partial charge in [0.05, 0.1) is 24.0 Å². The quantitative estimate of drug-likeness (QED) is 0.601. The number of hydrogen-bond donors (Lipinski definition) is 0. The molecule has 1 aliphatic carbocycles. The molecule has 31 heavy (non-hydrogen) atoms. The summed E-state index contributed by atoms with van der Waals surface area (Å²) in [5.74, 6) is -0.627. The van der Waals surface area contributed by atoms with Crippen molar-refractivity contribution in [3.63, 3.8) is 0 Å². The first-order valence-electron chi connectivity index (χ1n) is 10.9. The van der Waals surface area contributed by atoms with Gasteiger partial charge in [-0.05, 0) is 57.1 Å². The number of carboxylic acid groups (broad SMARTS) is 1. The van der Waals surface area contributed by atoms with Crippen molar-refractivity contribution in [2.75, 3.05) is 6.54 Å². The van der Waals surface area contributed by atoms with Crippen molar-refractivity contribution in [1.82, 2.24) is 4.90 Å². The molecule has 2 aliphatic rings. The average Bonchev–Trinajstić information content (AvgIpc) is 3.12. The molecule has 162 valence electrons. The number of hydrogen-bond acceptors (Lipinski definition) is 6. The van der Waals surface area contributed by atoms with Crippen LogP contribution in [0.2, 0.25) is 0 Å². The molecule has 0 saturated carbocycles. The van der Waals surface area contributed by atoms with Crippen molar-refractivity contribution in [2.45, 2.75) is 64.3 Å². The van der Waals surface area contributed by atoms with Gasteiger partial charge in [-0.1, -0.05) is 0 Å². The molecule has 1 saturated heterocycles. The molecule has 1 aromatic carbocycles. The first kappa shape index (κ1) is 19.8. The number of furan rings is 1. The van der Waals surface area contributed by atoms with Crippen LogP contribution < -0.4 is 10.7 Å². The van der Waals surface area contributed by atoms with Crippen LogP contribution >= 0.6 is 0 Å². The Hall–Kier alpha value is -3.09. The van der Waals surface area contributed by atoms with Crippen LogP contribution in [0.3, 0.4) is 0 Å². The summed E-state index contributed by atoms with van der Waals surface area (Å²) in [6.45, 7) is 2.17.